The van der Waals surface area contributed by atoms with Crippen molar-refractivity contribution in [3.8, 4) is 0 Å². The van der Waals surface area contributed by atoms with E-state index in [9.17, 15) is 8.78 Å². The van der Waals surface area contributed by atoms with Gasteiger partial charge in [0.05, 0.1) is 0 Å². The van der Waals surface area contributed by atoms with Crippen LogP contribution in [0.15, 0.2) is 30.3 Å². The van der Waals surface area contributed by atoms with Crippen molar-refractivity contribution >= 4 is 0 Å². The summed E-state index contributed by atoms with van der Waals surface area (Å²) in [4.78, 5) is 0. The largest absolute Gasteiger partial charge is 0.330 e. The quantitative estimate of drug-likeness (QED) is 0.867. The molecule has 0 heterocycles. The first-order chi connectivity index (χ1) is 8.40. The smallest absolute Gasteiger partial charge is 0.249 e. The molecule has 0 aromatic heterocycles. The third-order valence-electron chi connectivity index (χ3n) is 4.11. The minimum atomic E-state index is -2.53. The average Bonchev–Trinajstić information content (AvgIpc) is 2.27. The van der Waals surface area contributed by atoms with Crippen LogP contribution in [0, 0.1) is 11.3 Å². The number of halogens is 2. The van der Waals surface area contributed by atoms with Gasteiger partial charge in [0.1, 0.15) is 0 Å². The van der Waals surface area contributed by atoms with Gasteiger partial charge < -0.3 is 5.73 Å². The number of alkyl halides is 2. The summed E-state index contributed by atoms with van der Waals surface area (Å²) in [5.41, 5.74) is 6.53. The Balaban J connectivity index is 2.31. The first-order valence-corrected chi connectivity index (χ1v) is 6.53. The van der Waals surface area contributed by atoms with Crippen LogP contribution in [0.3, 0.4) is 0 Å². The highest BCUT2D eigenvalue weighted by molar-refractivity contribution is 5.25. The number of hydrogen-bond acceptors (Lipinski definition) is 1. The van der Waals surface area contributed by atoms with Crippen LogP contribution in [-0.2, 0) is 0 Å². The Bertz CT molecular complexity index is 392. The van der Waals surface area contributed by atoms with Crippen LogP contribution in [0.1, 0.15) is 38.2 Å². The summed E-state index contributed by atoms with van der Waals surface area (Å²) in [6, 6.07) is 9.93. The lowest BCUT2D eigenvalue weighted by atomic mass is 9.54. The summed E-state index contributed by atoms with van der Waals surface area (Å²) >= 11 is 0. The summed E-state index contributed by atoms with van der Waals surface area (Å²) in [7, 11) is 0. The van der Waals surface area contributed by atoms with Crippen molar-refractivity contribution in [3.63, 3.8) is 0 Å². The van der Waals surface area contributed by atoms with E-state index in [1.807, 2.05) is 30.3 Å². The Morgan fingerprint density at radius 1 is 1.17 bits per heavy atom. The van der Waals surface area contributed by atoms with E-state index in [1.54, 1.807) is 0 Å². The summed E-state index contributed by atoms with van der Waals surface area (Å²) in [5, 5.41) is 0. The lowest BCUT2D eigenvalue weighted by Crippen LogP contribution is -2.54. The van der Waals surface area contributed by atoms with Crippen molar-refractivity contribution < 1.29 is 8.78 Å². The number of nitrogens with two attached hydrogens (primary N) is 1. The first kappa shape index (κ1) is 13.5. The summed E-state index contributed by atoms with van der Waals surface area (Å²) in [6.07, 6.45) is -0.150. The molecule has 1 unspecified atom stereocenters. The number of benzene rings is 1. The standard InChI is InChI=1S/C15H21F2N/c1-11(2)13(12-6-4-3-5-7-12)14(10-18)8-15(16,17)9-14/h3-7,11,13H,8-10,18H2,1-2H3. The van der Waals surface area contributed by atoms with E-state index in [1.165, 1.54) is 0 Å². The zero-order chi connectivity index (χ0) is 13.4. The number of hydrogen-bond donors (Lipinski definition) is 1. The maximum Gasteiger partial charge on any atom is 0.249 e. The van der Waals surface area contributed by atoms with Crippen LogP contribution in [0.2, 0.25) is 0 Å². The molecule has 1 saturated carbocycles. The van der Waals surface area contributed by atoms with Gasteiger partial charge in [-0.15, -0.1) is 0 Å². The van der Waals surface area contributed by atoms with Crippen LogP contribution >= 0.6 is 0 Å². The Hall–Kier alpha value is -0.960. The van der Waals surface area contributed by atoms with Crippen LogP contribution in [0.4, 0.5) is 8.78 Å². The van der Waals surface area contributed by atoms with E-state index >= 15 is 0 Å². The van der Waals surface area contributed by atoms with Gasteiger partial charge in [0, 0.05) is 18.3 Å². The fourth-order valence-corrected chi connectivity index (χ4v) is 3.58. The van der Waals surface area contributed by atoms with Crippen molar-refractivity contribution in [2.45, 2.75) is 38.5 Å². The molecule has 0 aliphatic heterocycles. The summed E-state index contributed by atoms with van der Waals surface area (Å²) < 4.78 is 26.6. The fourth-order valence-electron chi connectivity index (χ4n) is 3.58. The molecule has 1 atom stereocenters. The molecule has 1 nitrogen and oxygen atoms in total. The van der Waals surface area contributed by atoms with Crippen LogP contribution < -0.4 is 5.73 Å². The van der Waals surface area contributed by atoms with Crippen molar-refractivity contribution in [3.05, 3.63) is 35.9 Å². The molecule has 0 spiro atoms. The van der Waals surface area contributed by atoms with Crippen LogP contribution in [0.5, 0.6) is 0 Å². The highest BCUT2D eigenvalue weighted by Crippen LogP contribution is 2.60. The second-order valence-corrected chi connectivity index (χ2v) is 5.91. The second-order valence-electron chi connectivity index (χ2n) is 5.91. The second kappa shape index (κ2) is 4.61. The molecule has 3 heteroatoms. The Morgan fingerprint density at radius 3 is 2.11 bits per heavy atom. The molecule has 100 valence electrons. The van der Waals surface area contributed by atoms with Gasteiger partial charge in [0.25, 0.3) is 0 Å². The molecule has 1 aliphatic carbocycles. The van der Waals surface area contributed by atoms with Gasteiger partial charge in [0.2, 0.25) is 5.92 Å². The monoisotopic (exact) mass is 253 g/mol. The molecule has 0 amide bonds. The summed E-state index contributed by atoms with van der Waals surface area (Å²) in [6.45, 7) is 4.51. The summed E-state index contributed by atoms with van der Waals surface area (Å²) in [5.74, 6) is -2.10. The minimum Gasteiger partial charge on any atom is -0.330 e. The maximum atomic E-state index is 13.3. The molecule has 1 aromatic carbocycles. The molecule has 2 N–H and O–H groups in total. The van der Waals surface area contributed by atoms with Crippen molar-refractivity contribution in [1.82, 2.24) is 0 Å². The molecule has 0 bridgehead atoms. The lowest BCUT2D eigenvalue weighted by Gasteiger charge is -2.53. The molecule has 0 saturated heterocycles. The van der Waals surface area contributed by atoms with E-state index in [0.29, 0.717) is 12.5 Å². The number of rotatable bonds is 4. The Kier molecular flexibility index (Phi) is 3.45. The molecule has 2 rings (SSSR count). The van der Waals surface area contributed by atoms with E-state index in [4.69, 9.17) is 5.73 Å². The van der Waals surface area contributed by atoms with E-state index < -0.39 is 11.3 Å². The molecule has 0 radical (unpaired) electrons. The normalized spacial score (nSPS) is 22.6. The molecular weight excluding hydrogens is 232 g/mol. The van der Waals surface area contributed by atoms with Crippen LogP contribution in [0.25, 0.3) is 0 Å². The van der Waals surface area contributed by atoms with Crippen molar-refractivity contribution in [1.29, 1.82) is 0 Å². The zero-order valence-electron chi connectivity index (χ0n) is 11.0. The van der Waals surface area contributed by atoms with Gasteiger partial charge in [-0.3, -0.25) is 0 Å². The third-order valence-corrected chi connectivity index (χ3v) is 4.11. The van der Waals surface area contributed by atoms with Gasteiger partial charge in [-0.25, -0.2) is 8.78 Å². The minimum absolute atomic E-state index is 0.0752. The van der Waals surface area contributed by atoms with Crippen molar-refractivity contribution in [2.24, 2.45) is 17.1 Å². The Labute approximate surface area is 107 Å². The van der Waals surface area contributed by atoms with E-state index in [-0.39, 0.29) is 18.8 Å². The van der Waals surface area contributed by atoms with Gasteiger partial charge in [-0.2, -0.15) is 0 Å². The zero-order valence-corrected chi connectivity index (χ0v) is 11.0. The maximum absolute atomic E-state index is 13.3. The molecule has 18 heavy (non-hydrogen) atoms. The van der Waals surface area contributed by atoms with E-state index in [2.05, 4.69) is 13.8 Å². The Morgan fingerprint density at radius 2 is 1.72 bits per heavy atom. The first-order valence-electron chi connectivity index (χ1n) is 6.53. The van der Waals surface area contributed by atoms with Gasteiger partial charge in [0.15, 0.2) is 0 Å². The molecule has 1 aromatic rings. The van der Waals surface area contributed by atoms with Crippen LogP contribution in [-0.4, -0.2) is 12.5 Å². The van der Waals surface area contributed by atoms with Gasteiger partial charge in [-0.1, -0.05) is 44.2 Å². The van der Waals surface area contributed by atoms with E-state index in [0.717, 1.165) is 5.56 Å². The topological polar surface area (TPSA) is 26.0 Å². The molecule has 1 fully saturated rings. The van der Waals surface area contributed by atoms with Gasteiger partial charge >= 0.3 is 0 Å². The van der Waals surface area contributed by atoms with Gasteiger partial charge in [-0.05, 0) is 23.9 Å². The third kappa shape index (κ3) is 2.28. The highest BCUT2D eigenvalue weighted by atomic mass is 19.3. The molecule has 1 aliphatic rings. The molecular formula is C15H21F2N. The average molecular weight is 253 g/mol. The SMILES string of the molecule is CC(C)C(c1ccccc1)C1(CN)CC(F)(F)C1. The lowest BCUT2D eigenvalue weighted by molar-refractivity contribution is -0.171. The predicted octanol–water partition coefficient (Wildman–Crippen LogP) is 3.80. The predicted molar refractivity (Wildman–Crippen MR) is 69.7 cm³/mol. The fraction of sp³-hybridized carbons (Fsp3) is 0.600. The highest BCUT2D eigenvalue weighted by Gasteiger charge is 2.59. The van der Waals surface area contributed by atoms with Crippen molar-refractivity contribution in [2.75, 3.05) is 6.54 Å².